The Bertz CT molecular complexity index is 1680. The van der Waals surface area contributed by atoms with Crippen LogP contribution in [0.1, 0.15) is 54.7 Å². The maximum Gasteiger partial charge on any atom is 0.150 e. The van der Waals surface area contributed by atoms with Crippen molar-refractivity contribution >= 4 is 17.7 Å². The summed E-state index contributed by atoms with van der Waals surface area (Å²) in [7, 11) is 0. The third kappa shape index (κ3) is 3.82. The molecule has 1 heterocycles. The third-order valence-electron chi connectivity index (χ3n) is 8.48. The van der Waals surface area contributed by atoms with E-state index in [9.17, 15) is 4.79 Å². The fraction of sp³-hybridized carbons (Fsp3) is 0.162. The van der Waals surface area contributed by atoms with E-state index in [0.717, 1.165) is 17.5 Å². The number of nitrogens with zero attached hydrogens (tertiary/aromatic N) is 1. The van der Waals surface area contributed by atoms with Gasteiger partial charge >= 0.3 is 0 Å². The van der Waals surface area contributed by atoms with E-state index in [1.54, 1.807) is 0 Å². The van der Waals surface area contributed by atoms with Crippen LogP contribution < -0.4 is 4.90 Å². The van der Waals surface area contributed by atoms with Gasteiger partial charge in [0.25, 0.3) is 0 Å². The number of para-hydroxylation sites is 1. The highest BCUT2D eigenvalue weighted by atomic mass is 16.1. The van der Waals surface area contributed by atoms with Gasteiger partial charge in [-0.15, -0.1) is 0 Å². The minimum absolute atomic E-state index is 0.173. The third-order valence-corrected chi connectivity index (χ3v) is 8.48. The molecule has 0 spiro atoms. The van der Waals surface area contributed by atoms with Crippen molar-refractivity contribution in [1.82, 2.24) is 0 Å². The molecule has 2 nitrogen and oxygen atoms in total. The monoisotopic (exact) mass is 507 g/mol. The van der Waals surface area contributed by atoms with Crippen molar-refractivity contribution < 1.29 is 4.79 Å². The van der Waals surface area contributed by atoms with Crippen LogP contribution in [0.15, 0.2) is 122 Å². The number of benzene rings is 4. The van der Waals surface area contributed by atoms with E-state index in [1.807, 2.05) is 24.3 Å². The molecule has 0 bridgehead atoms. The molecule has 39 heavy (non-hydrogen) atoms. The Hall–Kier alpha value is -4.43. The number of carbonyl (C=O) groups excluding carboxylic acids is 1. The second kappa shape index (κ2) is 9.10. The number of fused-ring (bicyclic) bond motifs is 4. The van der Waals surface area contributed by atoms with Crippen LogP contribution in [-0.4, -0.2) is 6.29 Å². The summed E-state index contributed by atoms with van der Waals surface area (Å²) in [5.41, 5.74) is 12.7. The predicted molar refractivity (Wildman–Crippen MR) is 164 cm³/mol. The highest BCUT2D eigenvalue weighted by Gasteiger charge is 2.41. The molecule has 1 aliphatic carbocycles. The van der Waals surface area contributed by atoms with Crippen molar-refractivity contribution in [3.8, 4) is 22.3 Å². The van der Waals surface area contributed by atoms with Crippen LogP contribution in [0.5, 0.6) is 0 Å². The summed E-state index contributed by atoms with van der Waals surface area (Å²) in [6.45, 7) is 13.0. The van der Waals surface area contributed by atoms with Crippen molar-refractivity contribution in [2.75, 3.05) is 4.90 Å². The van der Waals surface area contributed by atoms with Gasteiger partial charge in [-0.25, -0.2) is 0 Å². The molecule has 0 fully saturated rings. The van der Waals surface area contributed by atoms with Gasteiger partial charge in [0.2, 0.25) is 0 Å². The number of aldehydes is 1. The normalized spacial score (nSPS) is 17.2. The first kappa shape index (κ1) is 24.9. The molecular weight excluding hydrogens is 474 g/mol. The van der Waals surface area contributed by atoms with E-state index in [0.29, 0.717) is 0 Å². The van der Waals surface area contributed by atoms with Crippen molar-refractivity contribution in [2.45, 2.75) is 38.5 Å². The predicted octanol–water partition coefficient (Wildman–Crippen LogP) is 9.53. The molecule has 4 aromatic carbocycles. The summed E-state index contributed by atoms with van der Waals surface area (Å²) in [6, 6.07) is 30.3. The highest BCUT2D eigenvalue weighted by molar-refractivity contribution is 5.88. The average molecular weight is 508 g/mol. The van der Waals surface area contributed by atoms with Crippen LogP contribution in [0.25, 0.3) is 22.3 Å². The second-order valence-corrected chi connectivity index (χ2v) is 11.5. The van der Waals surface area contributed by atoms with Gasteiger partial charge in [-0.3, -0.25) is 4.79 Å². The van der Waals surface area contributed by atoms with E-state index in [1.165, 1.54) is 50.3 Å². The Morgan fingerprint density at radius 1 is 0.692 bits per heavy atom. The lowest BCUT2D eigenvalue weighted by Gasteiger charge is -2.27. The van der Waals surface area contributed by atoms with Crippen molar-refractivity contribution in [3.05, 3.63) is 144 Å². The fourth-order valence-corrected chi connectivity index (χ4v) is 6.33. The Morgan fingerprint density at radius 3 is 2.03 bits per heavy atom. The number of allylic oxidation sites excluding steroid dienone is 5. The van der Waals surface area contributed by atoms with E-state index in [4.69, 9.17) is 0 Å². The van der Waals surface area contributed by atoms with Gasteiger partial charge in [0, 0.05) is 27.8 Å². The first-order chi connectivity index (χ1) is 18.8. The van der Waals surface area contributed by atoms with Crippen LogP contribution >= 0.6 is 0 Å². The molecule has 0 saturated carbocycles. The van der Waals surface area contributed by atoms with Crippen LogP contribution in [-0.2, 0) is 10.8 Å². The van der Waals surface area contributed by atoms with Crippen molar-refractivity contribution in [2.24, 2.45) is 0 Å². The Kier molecular flexibility index (Phi) is 5.80. The molecule has 6 rings (SSSR count). The van der Waals surface area contributed by atoms with E-state index < -0.39 is 0 Å². The zero-order valence-corrected chi connectivity index (χ0v) is 23.0. The number of rotatable bonds is 5. The van der Waals surface area contributed by atoms with Gasteiger partial charge in [-0.05, 0) is 81.4 Å². The summed E-state index contributed by atoms with van der Waals surface area (Å²) in [5.74, 6) is 0. The zero-order valence-electron chi connectivity index (χ0n) is 23.0. The first-order valence-electron chi connectivity index (χ1n) is 13.5. The largest absolute Gasteiger partial charge is 0.313 e. The van der Waals surface area contributed by atoms with Crippen LogP contribution in [0, 0.1) is 0 Å². The highest BCUT2D eigenvalue weighted by Crippen LogP contribution is 2.53. The number of hydrogen-bond donors (Lipinski definition) is 0. The van der Waals surface area contributed by atoms with E-state index in [2.05, 4.69) is 124 Å². The first-order valence-corrected chi connectivity index (χ1v) is 13.5. The fourth-order valence-electron chi connectivity index (χ4n) is 6.33. The lowest BCUT2D eigenvalue weighted by molar-refractivity contribution is 0.112. The summed E-state index contributed by atoms with van der Waals surface area (Å²) in [4.78, 5) is 13.8. The van der Waals surface area contributed by atoms with Gasteiger partial charge in [0.15, 0.2) is 0 Å². The lowest BCUT2D eigenvalue weighted by atomic mass is 9.80. The summed E-state index contributed by atoms with van der Waals surface area (Å²) in [6.07, 6.45) is 9.00. The number of anilines is 2. The van der Waals surface area contributed by atoms with Crippen LogP contribution in [0.3, 0.4) is 0 Å². The smallest absolute Gasteiger partial charge is 0.150 e. The minimum atomic E-state index is -0.190. The molecule has 2 heteroatoms. The molecule has 0 N–H and O–H groups in total. The molecular formula is C37H33NO. The maximum absolute atomic E-state index is 11.5. The summed E-state index contributed by atoms with van der Waals surface area (Å²) >= 11 is 0. The van der Waals surface area contributed by atoms with Crippen molar-refractivity contribution in [1.29, 1.82) is 0 Å². The second-order valence-electron chi connectivity index (χ2n) is 11.5. The molecule has 0 amide bonds. The van der Waals surface area contributed by atoms with Gasteiger partial charge < -0.3 is 4.90 Å². The molecule has 1 aliphatic heterocycles. The molecule has 0 unspecified atom stereocenters. The summed E-state index contributed by atoms with van der Waals surface area (Å²) in [5, 5.41) is 0. The molecule has 0 atom stereocenters. The number of hydrogen-bond acceptors (Lipinski definition) is 2. The van der Waals surface area contributed by atoms with Crippen LogP contribution in [0.4, 0.5) is 11.4 Å². The molecule has 0 aromatic heterocycles. The Labute approximate surface area is 231 Å². The quantitative estimate of drug-likeness (QED) is 0.198. The van der Waals surface area contributed by atoms with Gasteiger partial charge in [-0.1, -0.05) is 101 Å². The van der Waals surface area contributed by atoms with Crippen molar-refractivity contribution in [3.63, 3.8) is 0 Å². The van der Waals surface area contributed by atoms with E-state index >= 15 is 0 Å². The maximum atomic E-state index is 11.5. The van der Waals surface area contributed by atoms with Gasteiger partial charge in [-0.2, -0.15) is 0 Å². The van der Waals surface area contributed by atoms with Crippen LogP contribution in [0.2, 0.25) is 0 Å². The SMILES string of the molecule is C=C/C=C\C=C1/N(c2ccccc2)c2ccc(-c3ccc4c(c3)C(C)(C)c3cc(C=O)ccc3-4)cc2C1(C)C. The zero-order chi connectivity index (χ0) is 27.4. The number of carbonyl (C=O) groups is 1. The topological polar surface area (TPSA) is 20.3 Å². The van der Waals surface area contributed by atoms with Gasteiger partial charge in [0.1, 0.15) is 6.29 Å². The Balaban J connectivity index is 1.47. The molecule has 0 radical (unpaired) electrons. The van der Waals surface area contributed by atoms with Gasteiger partial charge in [0.05, 0.1) is 5.69 Å². The summed E-state index contributed by atoms with van der Waals surface area (Å²) < 4.78 is 0. The molecule has 4 aromatic rings. The average Bonchev–Trinajstić information content (AvgIpc) is 3.32. The molecule has 2 aliphatic rings. The lowest BCUT2D eigenvalue weighted by Crippen LogP contribution is -2.22. The molecule has 192 valence electrons. The standard InChI is InChI=1S/C37H33NO/c1-6-7-9-14-35-37(4,5)33-23-27(17-20-34(33)38(35)28-12-10-8-11-13-28)26-16-19-30-29-18-15-25(24-39)21-31(29)36(2,3)32(30)22-26/h6-24H,1H2,2-5H3/b9-7-,35-14-. The molecule has 0 saturated heterocycles. The van der Waals surface area contributed by atoms with E-state index in [-0.39, 0.29) is 10.8 Å². The minimum Gasteiger partial charge on any atom is -0.313 e. The Morgan fingerprint density at radius 2 is 1.33 bits per heavy atom.